The van der Waals surface area contributed by atoms with Crippen LogP contribution in [-0.4, -0.2) is 11.8 Å². The van der Waals surface area contributed by atoms with Crippen LogP contribution in [0.2, 0.25) is 9.45 Å². The predicted molar refractivity (Wildman–Crippen MR) is 62.1 cm³/mol. The number of alkyl halides is 2. The van der Waals surface area contributed by atoms with Gasteiger partial charge in [-0.2, -0.15) is 0 Å². The van der Waals surface area contributed by atoms with Crippen molar-refractivity contribution < 1.29 is 17.9 Å². The molecule has 1 aliphatic rings. The van der Waals surface area contributed by atoms with Crippen LogP contribution in [0.3, 0.4) is 0 Å². The van der Waals surface area contributed by atoms with Crippen LogP contribution in [0.5, 0.6) is 0 Å². The normalized spacial score (nSPS) is 14.6. The second-order valence-corrected chi connectivity index (χ2v) is 8.72. The van der Waals surface area contributed by atoms with E-state index in [9.17, 15) is 0 Å². The Morgan fingerprint density at radius 1 is 1.14 bits per heavy atom. The molecule has 0 atom stereocenters. The first-order valence-corrected chi connectivity index (χ1v) is 9.27. The standard InChI is InChI=1S/C5H5.2C3H6Cl.Ti/c1-2-4-5-3-1;2*1-2-3-4;/h1-3H,4H2;2*1-3H2;. The Morgan fingerprint density at radius 2 is 1.79 bits per heavy atom. The minimum absolute atomic E-state index is 0.818. The zero-order chi connectivity index (χ0) is 10.2. The minimum atomic E-state index is -0.972. The average molecular weight is 268 g/mol. The van der Waals surface area contributed by atoms with E-state index in [1.807, 2.05) is 0 Å². The van der Waals surface area contributed by atoms with Crippen LogP contribution in [0.25, 0.3) is 0 Å². The summed E-state index contributed by atoms with van der Waals surface area (Å²) in [6.07, 6.45) is 10.4. The zero-order valence-electron chi connectivity index (χ0n) is 8.44. The second kappa shape index (κ2) is 7.99. The van der Waals surface area contributed by atoms with Crippen molar-refractivity contribution in [3.8, 4) is 0 Å². The van der Waals surface area contributed by atoms with Gasteiger partial charge in [0.2, 0.25) is 0 Å². The van der Waals surface area contributed by atoms with Crippen molar-refractivity contribution in [2.45, 2.75) is 28.7 Å². The summed E-state index contributed by atoms with van der Waals surface area (Å²) in [4.78, 5) is 0. The molecular formula is C11H17Cl2Ti. The summed E-state index contributed by atoms with van der Waals surface area (Å²) >= 11 is 10.5. The molecule has 0 N–H and O–H groups in total. The Hall–Kier alpha value is 0.774. The molecule has 0 aromatic heterocycles. The van der Waals surface area contributed by atoms with Crippen molar-refractivity contribution in [1.29, 1.82) is 0 Å². The van der Waals surface area contributed by atoms with E-state index in [4.69, 9.17) is 23.2 Å². The zero-order valence-corrected chi connectivity index (χ0v) is 11.5. The fraction of sp³-hybridized carbons (Fsp3) is 0.636. The Morgan fingerprint density at radius 3 is 2.21 bits per heavy atom. The number of allylic oxidation sites excluding steroid dienone is 4. The van der Waals surface area contributed by atoms with Gasteiger partial charge in [0.15, 0.2) is 0 Å². The van der Waals surface area contributed by atoms with Gasteiger partial charge in [0.1, 0.15) is 0 Å². The summed E-state index contributed by atoms with van der Waals surface area (Å²) in [6, 6.07) is 0. The molecule has 0 nitrogen and oxygen atoms in total. The summed E-state index contributed by atoms with van der Waals surface area (Å²) in [5, 5.41) is 0. The van der Waals surface area contributed by atoms with Crippen LogP contribution >= 0.6 is 23.2 Å². The van der Waals surface area contributed by atoms with E-state index < -0.39 is 17.9 Å². The Balaban J connectivity index is 2.35. The van der Waals surface area contributed by atoms with E-state index in [0.717, 1.165) is 11.8 Å². The van der Waals surface area contributed by atoms with Crippen molar-refractivity contribution >= 4 is 23.2 Å². The SMILES string of the molecule is ClCC[CH2][Ti]([CH2]CCCl)[C]1=CC=CC1. The monoisotopic (exact) mass is 267 g/mol. The quantitative estimate of drug-likeness (QED) is 0.469. The van der Waals surface area contributed by atoms with Crippen LogP contribution in [-0.2, 0) is 17.9 Å². The van der Waals surface area contributed by atoms with E-state index in [2.05, 4.69) is 18.2 Å². The van der Waals surface area contributed by atoms with Gasteiger partial charge >= 0.3 is 104 Å². The van der Waals surface area contributed by atoms with Gasteiger partial charge in [0.05, 0.1) is 0 Å². The van der Waals surface area contributed by atoms with Crippen molar-refractivity contribution in [3.63, 3.8) is 0 Å². The summed E-state index contributed by atoms with van der Waals surface area (Å²) < 4.78 is 4.50. The third kappa shape index (κ3) is 4.53. The maximum absolute atomic E-state index is 5.75. The fourth-order valence-electron chi connectivity index (χ4n) is 1.72. The molecule has 0 fully saturated rings. The van der Waals surface area contributed by atoms with Gasteiger partial charge in [-0.25, -0.2) is 0 Å². The van der Waals surface area contributed by atoms with E-state index in [0.29, 0.717) is 0 Å². The predicted octanol–water partition coefficient (Wildman–Crippen LogP) is 4.54. The molecule has 0 radical (unpaired) electrons. The number of rotatable bonds is 7. The first-order valence-electron chi connectivity index (χ1n) is 5.21. The van der Waals surface area contributed by atoms with Crippen molar-refractivity contribution in [3.05, 3.63) is 22.1 Å². The molecule has 14 heavy (non-hydrogen) atoms. The van der Waals surface area contributed by atoms with Crippen LogP contribution in [0.1, 0.15) is 19.3 Å². The molecule has 0 aliphatic heterocycles. The van der Waals surface area contributed by atoms with Crippen LogP contribution in [0.15, 0.2) is 22.1 Å². The van der Waals surface area contributed by atoms with Gasteiger partial charge in [0.25, 0.3) is 0 Å². The topological polar surface area (TPSA) is 0 Å². The number of hydrogen-bond acceptors (Lipinski definition) is 0. The molecule has 79 valence electrons. The van der Waals surface area contributed by atoms with Gasteiger partial charge in [-0.3, -0.25) is 0 Å². The Labute approximate surface area is 103 Å². The van der Waals surface area contributed by atoms with E-state index >= 15 is 0 Å². The first kappa shape index (κ1) is 12.8. The van der Waals surface area contributed by atoms with Crippen molar-refractivity contribution in [2.24, 2.45) is 0 Å². The molecule has 0 aromatic carbocycles. The Bertz CT molecular complexity index is 203. The van der Waals surface area contributed by atoms with Gasteiger partial charge in [-0.05, 0) is 0 Å². The summed E-state index contributed by atoms with van der Waals surface area (Å²) in [5.41, 5.74) is 0. The molecule has 1 rings (SSSR count). The molecule has 0 amide bonds. The molecule has 0 saturated heterocycles. The fourth-order valence-corrected chi connectivity index (χ4v) is 7.11. The van der Waals surface area contributed by atoms with Crippen molar-refractivity contribution in [2.75, 3.05) is 11.8 Å². The van der Waals surface area contributed by atoms with Gasteiger partial charge in [-0.15, -0.1) is 0 Å². The summed E-state index contributed by atoms with van der Waals surface area (Å²) in [6.45, 7) is 0. The average Bonchev–Trinajstić information content (AvgIpc) is 2.71. The van der Waals surface area contributed by atoms with Gasteiger partial charge in [0, 0.05) is 0 Å². The molecule has 0 bridgehead atoms. The molecular weight excluding hydrogens is 251 g/mol. The number of hydrogen-bond donors (Lipinski definition) is 0. The molecule has 0 unspecified atom stereocenters. The number of halogens is 2. The van der Waals surface area contributed by atoms with Gasteiger partial charge < -0.3 is 0 Å². The Kier molecular flexibility index (Phi) is 7.33. The molecule has 1 aliphatic carbocycles. The third-order valence-corrected chi connectivity index (χ3v) is 7.97. The molecule has 0 saturated carbocycles. The second-order valence-electron chi connectivity index (χ2n) is 3.51. The van der Waals surface area contributed by atoms with E-state index in [1.165, 1.54) is 28.7 Å². The summed E-state index contributed by atoms with van der Waals surface area (Å²) in [5.74, 6) is 1.64. The van der Waals surface area contributed by atoms with Gasteiger partial charge in [-0.1, -0.05) is 0 Å². The van der Waals surface area contributed by atoms with E-state index in [1.54, 1.807) is 3.88 Å². The third-order valence-electron chi connectivity index (χ3n) is 2.45. The van der Waals surface area contributed by atoms with Crippen molar-refractivity contribution in [1.82, 2.24) is 0 Å². The molecule has 0 heterocycles. The first-order chi connectivity index (χ1) is 6.88. The van der Waals surface area contributed by atoms with E-state index in [-0.39, 0.29) is 0 Å². The summed E-state index contributed by atoms with van der Waals surface area (Å²) in [7, 11) is 0. The van der Waals surface area contributed by atoms with Crippen LogP contribution < -0.4 is 0 Å². The molecule has 0 spiro atoms. The molecule has 0 aromatic rings. The molecule has 3 heteroatoms. The van der Waals surface area contributed by atoms with Crippen LogP contribution in [0.4, 0.5) is 0 Å². The van der Waals surface area contributed by atoms with Crippen LogP contribution in [0, 0.1) is 0 Å². The maximum atomic E-state index is 5.75.